The van der Waals surface area contributed by atoms with Gasteiger partial charge in [-0.25, -0.2) is 4.98 Å². The van der Waals surface area contributed by atoms with Crippen molar-refractivity contribution in [3.8, 4) is 17.5 Å². The Morgan fingerprint density at radius 3 is 2.44 bits per heavy atom. The van der Waals surface area contributed by atoms with Crippen molar-refractivity contribution in [1.29, 1.82) is 5.26 Å². The minimum absolute atomic E-state index is 0.0201. The van der Waals surface area contributed by atoms with Crippen LogP contribution in [0.25, 0.3) is 22.4 Å². The van der Waals surface area contributed by atoms with Crippen molar-refractivity contribution < 1.29 is 30.8 Å². The van der Waals surface area contributed by atoms with Crippen LogP contribution in [-0.4, -0.2) is 9.55 Å². The van der Waals surface area contributed by atoms with Gasteiger partial charge in [0.25, 0.3) is 0 Å². The molecule has 0 spiro atoms. The SMILES string of the molecule is N#Cc1ccc2c(cc(C3CC3)n2Cc2cnc(-c3cccc(C(F)(F)F)c3)o2)c1C(F)(F)F. The number of hydrogen-bond acceptors (Lipinski definition) is 3. The van der Waals surface area contributed by atoms with E-state index in [2.05, 4.69) is 4.98 Å². The highest BCUT2D eigenvalue weighted by atomic mass is 19.4. The molecule has 0 atom stereocenters. The number of rotatable bonds is 4. The summed E-state index contributed by atoms with van der Waals surface area (Å²) in [6.45, 7) is 0.0461. The predicted molar refractivity (Wildman–Crippen MR) is 110 cm³/mol. The van der Waals surface area contributed by atoms with Gasteiger partial charge in [-0.3, -0.25) is 0 Å². The quantitative estimate of drug-likeness (QED) is 0.295. The van der Waals surface area contributed by atoms with Gasteiger partial charge in [-0.05, 0) is 55.2 Å². The molecule has 0 saturated heterocycles. The summed E-state index contributed by atoms with van der Waals surface area (Å²) in [4.78, 5) is 4.07. The Bertz CT molecular complexity index is 1430. The average molecular weight is 475 g/mol. The van der Waals surface area contributed by atoms with E-state index >= 15 is 0 Å². The molecule has 1 fully saturated rings. The van der Waals surface area contributed by atoms with E-state index in [1.54, 1.807) is 10.6 Å². The number of nitriles is 1. The van der Waals surface area contributed by atoms with Crippen LogP contribution in [0.5, 0.6) is 0 Å². The van der Waals surface area contributed by atoms with Crippen molar-refractivity contribution in [2.24, 2.45) is 0 Å². The van der Waals surface area contributed by atoms with Gasteiger partial charge in [0.2, 0.25) is 5.89 Å². The van der Waals surface area contributed by atoms with Crippen molar-refractivity contribution in [2.45, 2.75) is 37.7 Å². The molecule has 2 heterocycles. The van der Waals surface area contributed by atoms with Gasteiger partial charge in [0.15, 0.2) is 0 Å². The number of hydrogen-bond donors (Lipinski definition) is 0. The van der Waals surface area contributed by atoms with Gasteiger partial charge in [0, 0.05) is 22.2 Å². The van der Waals surface area contributed by atoms with E-state index in [-0.39, 0.29) is 35.1 Å². The second-order valence-electron chi connectivity index (χ2n) is 8.17. The Kier molecular flexibility index (Phi) is 4.97. The normalized spacial score (nSPS) is 14.5. The zero-order chi connectivity index (χ0) is 24.3. The van der Waals surface area contributed by atoms with Gasteiger partial charge in [0.1, 0.15) is 5.76 Å². The highest BCUT2D eigenvalue weighted by Crippen LogP contribution is 2.45. The van der Waals surface area contributed by atoms with Crippen LogP contribution in [0.15, 0.2) is 53.1 Å². The van der Waals surface area contributed by atoms with Crippen molar-refractivity contribution in [3.05, 3.63) is 76.8 Å². The molecule has 4 nitrogen and oxygen atoms in total. The Balaban J connectivity index is 1.56. The number of halogens is 6. The summed E-state index contributed by atoms with van der Waals surface area (Å²) < 4.78 is 87.8. The van der Waals surface area contributed by atoms with E-state index in [1.807, 2.05) is 0 Å². The third-order valence-corrected chi connectivity index (χ3v) is 5.82. The minimum atomic E-state index is -4.71. The summed E-state index contributed by atoms with van der Waals surface area (Å²) in [7, 11) is 0. The summed E-state index contributed by atoms with van der Waals surface area (Å²) in [5.74, 6) is 0.350. The van der Waals surface area contributed by atoms with E-state index in [0.29, 0.717) is 11.2 Å². The molecule has 34 heavy (non-hydrogen) atoms. The number of benzene rings is 2. The van der Waals surface area contributed by atoms with Crippen LogP contribution in [0.3, 0.4) is 0 Å². The summed E-state index contributed by atoms with van der Waals surface area (Å²) in [6.07, 6.45) is -6.22. The molecular weight excluding hydrogens is 460 g/mol. The maximum atomic E-state index is 13.8. The van der Waals surface area contributed by atoms with Gasteiger partial charge in [0.05, 0.1) is 35.5 Å². The third kappa shape index (κ3) is 3.91. The lowest BCUT2D eigenvalue weighted by Gasteiger charge is -2.12. The standard InChI is InChI=1S/C24H15F6N3O/c25-23(26,27)16-3-1-2-14(8-16)22-32-11-17(34-22)12-33-19-7-6-15(10-31)21(24(28,29)30)18(19)9-20(33)13-4-5-13/h1-3,6-9,11,13H,4-5,12H2. The largest absolute Gasteiger partial charge is 0.439 e. The van der Waals surface area contributed by atoms with Gasteiger partial charge in [-0.15, -0.1) is 0 Å². The fraction of sp³-hybridized carbons (Fsp3) is 0.250. The third-order valence-electron chi connectivity index (χ3n) is 5.82. The molecule has 174 valence electrons. The number of alkyl halides is 6. The zero-order valence-corrected chi connectivity index (χ0v) is 17.3. The van der Waals surface area contributed by atoms with Crippen molar-refractivity contribution in [2.75, 3.05) is 0 Å². The Labute approximate surface area is 189 Å². The predicted octanol–water partition coefficient (Wildman–Crippen LogP) is 7.13. The first-order valence-corrected chi connectivity index (χ1v) is 10.3. The van der Waals surface area contributed by atoms with Gasteiger partial charge in [-0.1, -0.05) is 6.07 Å². The molecule has 0 amide bonds. The van der Waals surface area contributed by atoms with Crippen molar-refractivity contribution >= 4 is 10.9 Å². The van der Waals surface area contributed by atoms with E-state index in [1.165, 1.54) is 30.5 Å². The first-order chi connectivity index (χ1) is 16.1. The molecule has 0 unspecified atom stereocenters. The number of nitrogens with zero attached hydrogens (tertiary/aromatic N) is 3. The number of oxazole rings is 1. The molecule has 4 aromatic rings. The van der Waals surface area contributed by atoms with Gasteiger partial charge < -0.3 is 8.98 Å². The molecule has 2 aromatic carbocycles. The molecule has 0 aliphatic heterocycles. The van der Waals surface area contributed by atoms with Crippen LogP contribution in [0, 0.1) is 11.3 Å². The lowest BCUT2D eigenvalue weighted by molar-refractivity contribution is -0.138. The Morgan fingerprint density at radius 1 is 1.03 bits per heavy atom. The van der Waals surface area contributed by atoms with Crippen LogP contribution in [0.1, 0.15) is 46.9 Å². The molecule has 10 heteroatoms. The zero-order valence-electron chi connectivity index (χ0n) is 17.3. The Hall–Kier alpha value is -3.74. The number of fused-ring (bicyclic) bond motifs is 1. The van der Waals surface area contributed by atoms with Gasteiger partial charge >= 0.3 is 12.4 Å². The molecular formula is C24H15F6N3O. The van der Waals surface area contributed by atoms with E-state index < -0.39 is 29.0 Å². The lowest BCUT2D eigenvalue weighted by atomic mass is 10.0. The fourth-order valence-corrected chi connectivity index (χ4v) is 4.15. The summed E-state index contributed by atoms with van der Waals surface area (Å²) >= 11 is 0. The minimum Gasteiger partial charge on any atom is -0.439 e. The Morgan fingerprint density at radius 2 is 1.79 bits per heavy atom. The first kappa shape index (κ1) is 22.1. The monoisotopic (exact) mass is 475 g/mol. The van der Waals surface area contributed by atoms with Crippen LogP contribution in [-0.2, 0) is 18.9 Å². The fourth-order valence-electron chi connectivity index (χ4n) is 4.15. The van der Waals surface area contributed by atoms with Gasteiger partial charge in [-0.2, -0.15) is 31.6 Å². The highest BCUT2D eigenvalue weighted by molar-refractivity contribution is 5.88. The molecule has 1 aliphatic carbocycles. The molecule has 1 saturated carbocycles. The van der Waals surface area contributed by atoms with E-state index in [0.717, 1.165) is 31.0 Å². The molecule has 1 aliphatic rings. The average Bonchev–Trinajstić information content (AvgIpc) is 3.41. The second kappa shape index (κ2) is 7.65. The summed E-state index contributed by atoms with van der Waals surface area (Å²) in [6, 6.07) is 10.3. The maximum Gasteiger partial charge on any atom is 0.418 e. The van der Waals surface area contributed by atoms with E-state index in [9.17, 15) is 31.6 Å². The van der Waals surface area contributed by atoms with E-state index in [4.69, 9.17) is 4.42 Å². The maximum absolute atomic E-state index is 13.8. The second-order valence-corrected chi connectivity index (χ2v) is 8.17. The summed E-state index contributed by atoms with van der Waals surface area (Å²) in [5, 5.41) is 9.14. The smallest absolute Gasteiger partial charge is 0.418 e. The van der Waals surface area contributed by atoms with Crippen LogP contribution >= 0.6 is 0 Å². The first-order valence-electron chi connectivity index (χ1n) is 10.3. The molecule has 0 bridgehead atoms. The highest BCUT2D eigenvalue weighted by Gasteiger charge is 2.38. The molecule has 0 radical (unpaired) electrons. The van der Waals surface area contributed by atoms with Crippen molar-refractivity contribution in [1.82, 2.24) is 9.55 Å². The molecule has 0 N–H and O–H groups in total. The summed E-state index contributed by atoms with van der Waals surface area (Å²) in [5.41, 5.74) is -1.15. The van der Waals surface area contributed by atoms with Crippen LogP contribution in [0.4, 0.5) is 26.3 Å². The number of aromatic nitrogens is 2. The molecule has 5 rings (SSSR count). The van der Waals surface area contributed by atoms with Crippen LogP contribution < -0.4 is 0 Å². The topological polar surface area (TPSA) is 54.8 Å². The van der Waals surface area contributed by atoms with Crippen molar-refractivity contribution in [3.63, 3.8) is 0 Å². The van der Waals surface area contributed by atoms with Crippen LogP contribution in [0.2, 0.25) is 0 Å². The molecule has 2 aromatic heterocycles. The lowest BCUT2D eigenvalue weighted by Crippen LogP contribution is -2.09.